The molecule has 96 valence electrons. The van der Waals surface area contributed by atoms with Crippen molar-refractivity contribution in [2.45, 2.75) is 20.4 Å². The lowest BCUT2D eigenvalue weighted by molar-refractivity contribution is 0.621. The fraction of sp³-hybridized carbons (Fsp3) is 0.308. The highest BCUT2D eigenvalue weighted by Gasteiger charge is 2.06. The molecule has 0 atom stereocenters. The normalized spacial score (nSPS) is 10.7. The second-order valence-electron chi connectivity index (χ2n) is 4.34. The Balaban J connectivity index is 2.15. The minimum absolute atomic E-state index is 0.260. The Morgan fingerprint density at radius 2 is 2.06 bits per heavy atom. The summed E-state index contributed by atoms with van der Waals surface area (Å²) in [6, 6.07) is 5.28. The highest BCUT2D eigenvalue weighted by molar-refractivity contribution is 9.10. The zero-order valence-corrected chi connectivity index (χ0v) is 12.2. The van der Waals surface area contributed by atoms with Gasteiger partial charge in [0, 0.05) is 12.7 Å². The first-order chi connectivity index (χ1) is 8.47. The molecule has 0 unspecified atom stereocenters. The Kier molecular flexibility index (Phi) is 3.71. The van der Waals surface area contributed by atoms with E-state index in [0.717, 1.165) is 22.6 Å². The molecule has 1 heterocycles. The maximum Gasteiger partial charge on any atom is 0.139 e. The van der Waals surface area contributed by atoms with Crippen molar-refractivity contribution in [1.82, 2.24) is 9.78 Å². The van der Waals surface area contributed by atoms with Crippen molar-refractivity contribution < 1.29 is 4.39 Å². The average Bonchev–Trinajstić information content (AvgIpc) is 2.61. The van der Waals surface area contributed by atoms with E-state index in [-0.39, 0.29) is 5.82 Å². The molecule has 0 radical (unpaired) electrons. The van der Waals surface area contributed by atoms with Crippen molar-refractivity contribution in [2.75, 3.05) is 5.32 Å². The van der Waals surface area contributed by atoms with Gasteiger partial charge in [-0.15, -0.1) is 0 Å². The molecular formula is C13H15BrFN3. The Morgan fingerprint density at radius 3 is 2.67 bits per heavy atom. The van der Waals surface area contributed by atoms with Crippen LogP contribution in [0.2, 0.25) is 0 Å². The van der Waals surface area contributed by atoms with Crippen LogP contribution in [0.1, 0.15) is 17.0 Å². The van der Waals surface area contributed by atoms with Gasteiger partial charge < -0.3 is 5.32 Å². The SMILES string of the molecule is Cc1cc(CNc2cc(F)c(Br)cc2C)n(C)n1. The predicted octanol–water partition coefficient (Wildman–Crippen LogP) is 3.55. The first kappa shape index (κ1) is 13.1. The van der Waals surface area contributed by atoms with Crippen LogP contribution in [-0.4, -0.2) is 9.78 Å². The molecule has 18 heavy (non-hydrogen) atoms. The third kappa shape index (κ3) is 2.72. The van der Waals surface area contributed by atoms with Crippen LogP contribution in [0.3, 0.4) is 0 Å². The number of halogens is 2. The Labute approximate surface area is 114 Å². The molecule has 0 fully saturated rings. The monoisotopic (exact) mass is 311 g/mol. The molecule has 0 aliphatic rings. The maximum atomic E-state index is 13.5. The fourth-order valence-electron chi connectivity index (χ4n) is 1.85. The Morgan fingerprint density at radius 1 is 1.33 bits per heavy atom. The number of aryl methyl sites for hydroxylation is 3. The first-order valence-corrected chi connectivity index (χ1v) is 6.45. The van der Waals surface area contributed by atoms with Gasteiger partial charge in [0.15, 0.2) is 0 Å². The summed E-state index contributed by atoms with van der Waals surface area (Å²) in [5.74, 6) is -0.260. The van der Waals surface area contributed by atoms with Gasteiger partial charge in [-0.3, -0.25) is 4.68 Å². The summed E-state index contributed by atoms with van der Waals surface area (Å²) in [4.78, 5) is 0. The first-order valence-electron chi connectivity index (χ1n) is 5.66. The molecular weight excluding hydrogens is 297 g/mol. The Hall–Kier alpha value is -1.36. The molecule has 1 aromatic carbocycles. The van der Waals surface area contributed by atoms with E-state index < -0.39 is 0 Å². The van der Waals surface area contributed by atoms with E-state index in [1.54, 1.807) is 6.07 Å². The van der Waals surface area contributed by atoms with Gasteiger partial charge in [0.2, 0.25) is 0 Å². The molecule has 0 aliphatic carbocycles. The maximum absolute atomic E-state index is 13.5. The molecule has 0 aliphatic heterocycles. The third-order valence-corrected chi connectivity index (χ3v) is 3.43. The van der Waals surface area contributed by atoms with Crippen LogP contribution >= 0.6 is 15.9 Å². The number of anilines is 1. The molecule has 3 nitrogen and oxygen atoms in total. The highest BCUT2D eigenvalue weighted by Crippen LogP contribution is 2.24. The molecule has 0 bridgehead atoms. The van der Waals surface area contributed by atoms with Crippen LogP contribution in [0, 0.1) is 19.7 Å². The number of aromatic nitrogens is 2. The molecule has 0 amide bonds. The zero-order valence-electron chi connectivity index (χ0n) is 10.6. The summed E-state index contributed by atoms with van der Waals surface area (Å²) < 4.78 is 15.8. The van der Waals surface area contributed by atoms with Crippen LogP contribution in [0.15, 0.2) is 22.7 Å². The molecule has 0 saturated heterocycles. The van der Waals surface area contributed by atoms with Crippen molar-refractivity contribution in [3.8, 4) is 0 Å². The van der Waals surface area contributed by atoms with E-state index >= 15 is 0 Å². The van der Waals surface area contributed by atoms with Gasteiger partial charge in [-0.1, -0.05) is 0 Å². The molecule has 5 heteroatoms. The topological polar surface area (TPSA) is 29.9 Å². The lowest BCUT2D eigenvalue weighted by Gasteiger charge is -2.10. The van der Waals surface area contributed by atoms with Crippen molar-refractivity contribution >= 4 is 21.6 Å². The summed E-state index contributed by atoms with van der Waals surface area (Å²) in [5, 5.41) is 7.50. The Bertz CT molecular complexity index is 578. The molecule has 1 aromatic heterocycles. The summed E-state index contributed by atoms with van der Waals surface area (Å²) >= 11 is 3.17. The van der Waals surface area contributed by atoms with E-state index in [1.807, 2.05) is 31.6 Å². The van der Waals surface area contributed by atoms with Gasteiger partial charge in [0.05, 0.1) is 22.4 Å². The second-order valence-corrected chi connectivity index (χ2v) is 5.19. The van der Waals surface area contributed by atoms with Gasteiger partial charge in [-0.2, -0.15) is 5.10 Å². The van der Waals surface area contributed by atoms with Crippen molar-refractivity contribution in [3.05, 3.63) is 45.4 Å². The summed E-state index contributed by atoms with van der Waals surface area (Å²) in [6.07, 6.45) is 0. The molecule has 2 aromatic rings. The number of benzene rings is 1. The van der Waals surface area contributed by atoms with Crippen LogP contribution in [-0.2, 0) is 13.6 Å². The number of nitrogens with zero attached hydrogens (tertiary/aromatic N) is 2. The fourth-order valence-corrected chi connectivity index (χ4v) is 2.31. The third-order valence-electron chi connectivity index (χ3n) is 2.83. The van der Waals surface area contributed by atoms with Gasteiger partial charge in [0.1, 0.15) is 5.82 Å². The van der Waals surface area contributed by atoms with Crippen molar-refractivity contribution in [2.24, 2.45) is 7.05 Å². The van der Waals surface area contributed by atoms with Crippen LogP contribution in [0.25, 0.3) is 0 Å². The van der Waals surface area contributed by atoms with Gasteiger partial charge in [-0.25, -0.2) is 4.39 Å². The minimum Gasteiger partial charge on any atom is -0.379 e. The highest BCUT2D eigenvalue weighted by atomic mass is 79.9. The number of rotatable bonds is 3. The summed E-state index contributed by atoms with van der Waals surface area (Å²) in [6.45, 7) is 4.52. The van der Waals surface area contributed by atoms with E-state index in [9.17, 15) is 4.39 Å². The summed E-state index contributed by atoms with van der Waals surface area (Å²) in [5.41, 5.74) is 3.85. The van der Waals surface area contributed by atoms with E-state index in [4.69, 9.17) is 0 Å². The molecule has 2 rings (SSSR count). The van der Waals surface area contributed by atoms with Crippen LogP contribution in [0.5, 0.6) is 0 Å². The zero-order chi connectivity index (χ0) is 13.3. The lowest BCUT2D eigenvalue weighted by atomic mass is 10.2. The van der Waals surface area contributed by atoms with E-state index in [0.29, 0.717) is 11.0 Å². The van der Waals surface area contributed by atoms with E-state index in [2.05, 4.69) is 26.3 Å². The lowest BCUT2D eigenvalue weighted by Crippen LogP contribution is -2.06. The number of nitrogens with one attached hydrogen (secondary N) is 1. The second kappa shape index (κ2) is 5.10. The van der Waals surface area contributed by atoms with Crippen molar-refractivity contribution in [3.63, 3.8) is 0 Å². The number of hydrogen-bond donors (Lipinski definition) is 1. The van der Waals surface area contributed by atoms with Crippen molar-refractivity contribution in [1.29, 1.82) is 0 Å². The molecule has 1 N–H and O–H groups in total. The minimum atomic E-state index is -0.260. The molecule has 0 spiro atoms. The standard InChI is InChI=1S/C13H15BrFN3/c1-8-4-11(14)12(15)6-13(8)16-7-10-5-9(2)17-18(10)3/h4-6,16H,7H2,1-3H3. The predicted molar refractivity (Wildman–Crippen MR) is 74.1 cm³/mol. The largest absolute Gasteiger partial charge is 0.379 e. The van der Waals surface area contributed by atoms with Crippen LogP contribution in [0.4, 0.5) is 10.1 Å². The number of hydrogen-bond acceptors (Lipinski definition) is 2. The quantitative estimate of drug-likeness (QED) is 0.939. The summed E-state index contributed by atoms with van der Waals surface area (Å²) in [7, 11) is 1.90. The van der Waals surface area contributed by atoms with E-state index in [1.165, 1.54) is 6.07 Å². The molecule has 0 saturated carbocycles. The van der Waals surface area contributed by atoms with Gasteiger partial charge in [0.25, 0.3) is 0 Å². The van der Waals surface area contributed by atoms with Gasteiger partial charge >= 0.3 is 0 Å². The average molecular weight is 312 g/mol. The van der Waals surface area contributed by atoms with Crippen LogP contribution < -0.4 is 5.32 Å². The smallest absolute Gasteiger partial charge is 0.139 e. The van der Waals surface area contributed by atoms with Gasteiger partial charge in [-0.05, 0) is 53.5 Å².